The standard InChI is InChI=1S/C16H22BN3O5/c1-10(18)16(22)19-7-15(21)20-8-13(9-20)24-12-3-2-11-4-5-17(23)25-14(11)6-12/h2-3,6,10,13,23H,4-5,7-9,18H2,1H3,(H,19,22). The zero-order valence-electron chi connectivity index (χ0n) is 14.1. The van der Waals surface area contributed by atoms with E-state index in [0.717, 1.165) is 12.0 Å². The van der Waals surface area contributed by atoms with Gasteiger partial charge in [0, 0.05) is 6.07 Å². The van der Waals surface area contributed by atoms with E-state index in [9.17, 15) is 14.6 Å². The third kappa shape index (κ3) is 4.23. The summed E-state index contributed by atoms with van der Waals surface area (Å²) in [6.45, 7) is 2.44. The summed E-state index contributed by atoms with van der Waals surface area (Å²) in [5.74, 6) is 0.779. The molecule has 3 rings (SSSR count). The Hall–Kier alpha value is -2.26. The molecule has 0 saturated carbocycles. The highest BCUT2D eigenvalue weighted by Crippen LogP contribution is 2.31. The van der Waals surface area contributed by atoms with Crippen LogP contribution in [0.1, 0.15) is 12.5 Å². The Balaban J connectivity index is 1.45. The number of rotatable bonds is 5. The molecule has 8 nitrogen and oxygen atoms in total. The third-order valence-electron chi connectivity index (χ3n) is 4.29. The number of nitrogens with one attached hydrogen (secondary N) is 1. The molecule has 2 heterocycles. The van der Waals surface area contributed by atoms with Gasteiger partial charge in [-0.25, -0.2) is 0 Å². The van der Waals surface area contributed by atoms with E-state index in [2.05, 4.69) is 5.32 Å². The van der Waals surface area contributed by atoms with Crippen LogP contribution in [0.3, 0.4) is 0 Å². The maximum Gasteiger partial charge on any atom is 0.522 e. The normalized spacial score (nSPS) is 17.9. The molecular formula is C16H22BN3O5. The molecule has 2 aliphatic heterocycles. The lowest BCUT2D eigenvalue weighted by Crippen LogP contribution is -2.58. The van der Waals surface area contributed by atoms with Crippen LogP contribution in [0.5, 0.6) is 11.5 Å². The van der Waals surface area contributed by atoms with Gasteiger partial charge in [0.15, 0.2) is 0 Å². The van der Waals surface area contributed by atoms with E-state index in [4.69, 9.17) is 15.1 Å². The zero-order chi connectivity index (χ0) is 18.0. The topological polar surface area (TPSA) is 114 Å². The fourth-order valence-electron chi connectivity index (χ4n) is 2.75. The summed E-state index contributed by atoms with van der Waals surface area (Å²) in [5.41, 5.74) is 6.48. The van der Waals surface area contributed by atoms with Crippen molar-refractivity contribution >= 4 is 18.9 Å². The second kappa shape index (κ2) is 7.32. The van der Waals surface area contributed by atoms with Crippen molar-refractivity contribution < 1.29 is 24.0 Å². The molecule has 2 aliphatic rings. The second-order valence-electron chi connectivity index (χ2n) is 6.43. The van der Waals surface area contributed by atoms with Gasteiger partial charge >= 0.3 is 7.12 Å². The molecule has 0 spiro atoms. The van der Waals surface area contributed by atoms with Crippen molar-refractivity contribution in [2.75, 3.05) is 19.6 Å². The van der Waals surface area contributed by atoms with E-state index in [1.807, 2.05) is 12.1 Å². The van der Waals surface area contributed by atoms with E-state index in [1.54, 1.807) is 17.9 Å². The monoisotopic (exact) mass is 347 g/mol. The predicted molar refractivity (Wildman–Crippen MR) is 91.2 cm³/mol. The molecule has 134 valence electrons. The molecule has 1 saturated heterocycles. The quantitative estimate of drug-likeness (QED) is 0.598. The van der Waals surface area contributed by atoms with Crippen LogP contribution in [0.4, 0.5) is 0 Å². The molecule has 0 aliphatic carbocycles. The van der Waals surface area contributed by atoms with Gasteiger partial charge in [-0.1, -0.05) is 6.07 Å². The maximum absolute atomic E-state index is 11.9. The van der Waals surface area contributed by atoms with E-state index < -0.39 is 13.2 Å². The van der Waals surface area contributed by atoms with Crippen LogP contribution < -0.4 is 20.4 Å². The molecule has 25 heavy (non-hydrogen) atoms. The minimum atomic E-state index is -0.772. The molecule has 0 radical (unpaired) electrons. The van der Waals surface area contributed by atoms with Crippen LogP contribution in [0, 0.1) is 0 Å². The molecule has 1 aromatic carbocycles. The van der Waals surface area contributed by atoms with E-state index in [0.29, 0.717) is 30.9 Å². The average molecular weight is 347 g/mol. The van der Waals surface area contributed by atoms with Gasteiger partial charge in [-0.15, -0.1) is 0 Å². The first-order valence-electron chi connectivity index (χ1n) is 8.37. The Labute approximate surface area is 146 Å². The van der Waals surface area contributed by atoms with Gasteiger partial charge in [0.1, 0.15) is 17.6 Å². The van der Waals surface area contributed by atoms with Crippen LogP contribution in [-0.2, 0) is 16.0 Å². The summed E-state index contributed by atoms with van der Waals surface area (Å²) in [4.78, 5) is 24.9. The molecule has 9 heteroatoms. The fraction of sp³-hybridized carbons (Fsp3) is 0.500. The molecule has 0 bridgehead atoms. The van der Waals surface area contributed by atoms with Crippen molar-refractivity contribution in [3.05, 3.63) is 23.8 Å². The number of likely N-dealkylation sites (tertiary alicyclic amines) is 1. The van der Waals surface area contributed by atoms with Crippen molar-refractivity contribution in [2.45, 2.75) is 31.8 Å². The smallest absolute Gasteiger partial charge is 0.522 e. The molecule has 4 N–H and O–H groups in total. The zero-order valence-corrected chi connectivity index (χ0v) is 14.1. The fourth-order valence-corrected chi connectivity index (χ4v) is 2.75. The number of benzene rings is 1. The van der Waals surface area contributed by atoms with Crippen LogP contribution in [0.25, 0.3) is 0 Å². The first kappa shape index (κ1) is 17.6. The van der Waals surface area contributed by atoms with Crippen molar-refractivity contribution in [2.24, 2.45) is 5.73 Å². The molecule has 1 fully saturated rings. The average Bonchev–Trinajstić information content (AvgIpc) is 2.54. The van der Waals surface area contributed by atoms with Gasteiger partial charge in [0.05, 0.1) is 25.7 Å². The van der Waals surface area contributed by atoms with Gasteiger partial charge in [-0.2, -0.15) is 0 Å². The van der Waals surface area contributed by atoms with Crippen LogP contribution >= 0.6 is 0 Å². The highest BCUT2D eigenvalue weighted by molar-refractivity contribution is 6.44. The molecule has 1 atom stereocenters. The van der Waals surface area contributed by atoms with Gasteiger partial charge < -0.3 is 30.4 Å². The Morgan fingerprint density at radius 3 is 3.00 bits per heavy atom. The van der Waals surface area contributed by atoms with Gasteiger partial charge in [0.25, 0.3) is 0 Å². The number of ether oxygens (including phenoxy) is 1. The lowest BCUT2D eigenvalue weighted by atomic mass is 9.79. The number of carbonyl (C=O) groups is 2. The van der Waals surface area contributed by atoms with E-state index >= 15 is 0 Å². The van der Waals surface area contributed by atoms with Crippen molar-refractivity contribution in [3.63, 3.8) is 0 Å². The number of nitrogens with two attached hydrogens (primary N) is 1. The molecule has 1 aromatic rings. The van der Waals surface area contributed by atoms with Gasteiger partial charge in [0.2, 0.25) is 11.8 Å². The van der Waals surface area contributed by atoms with E-state index in [-0.39, 0.29) is 24.5 Å². The second-order valence-corrected chi connectivity index (χ2v) is 6.43. The summed E-state index contributed by atoms with van der Waals surface area (Å²) in [7, 11) is -0.772. The van der Waals surface area contributed by atoms with Gasteiger partial charge in [-0.05, 0) is 31.3 Å². The number of amides is 2. The molecule has 0 aromatic heterocycles. The number of hydrogen-bond donors (Lipinski definition) is 3. The van der Waals surface area contributed by atoms with Crippen molar-refractivity contribution in [1.82, 2.24) is 10.2 Å². The van der Waals surface area contributed by atoms with Gasteiger partial charge in [-0.3, -0.25) is 9.59 Å². The first-order valence-corrected chi connectivity index (χ1v) is 8.37. The highest BCUT2D eigenvalue weighted by atomic mass is 16.5. The number of aryl methyl sites for hydroxylation is 1. The lowest BCUT2D eigenvalue weighted by Gasteiger charge is -2.39. The lowest BCUT2D eigenvalue weighted by molar-refractivity contribution is -0.140. The Morgan fingerprint density at radius 2 is 2.28 bits per heavy atom. The number of carbonyl (C=O) groups excluding carboxylic acids is 2. The Kier molecular flexibility index (Phi) is 5.15. The van der Waals surface area contributed by atoms with Crippen LogP contribution in [-0.4, -0.2) is 60.6 Å². The SMILES string of the molecule is CC(N)C(=O)NCC(=O)N1CC(Oc2ccc3c(c2)OB(O)CC3)C1. The predicted octanol–water partition coefficient (Wildman–Crippen LogP) is -0.845. The van der Waals surface area contributed by atoms with Crippen molar-refractivity contribution in [1.29, 1.82) is 0 Å². The van der Waals surface area contributed by atoms with Crippen LogP contribution in [0.2, 0.25) is 6.32 Å². The summed E-state index contributed by atoms with van der Waals surface area (Å²) >= 11 is 0. The third-order valence-corrected chi connectivity index (χ3v) is 4.29. The number of nitrogens with zero attached hydrogens (tertiary/aromatic N) is 1. The summed E-state index contributed by atoms with van der Waals surface area (Å²) < 4.78 is 11.2. The molecule has 1 unspecified atom stereocenters. The van der Waals surface area contributed by atoms with Crippen molar-refractivity contribution in [3.8, 4) is 11.5 Å². The minimum absolute atomic E-state index is 0.0579. The highest BCUT2D eigenvalue weighted by Gasteiger charge is 2.32. The Bertz CT molecular complexity index is 663. The molecule has 2 amide bonds. The number of fused-ring (bicyclic) bond motifs is 1. The minimum Gasteiger partial charge on any atom is -0.536 e. The number of hydrogen-bond acceptors (Lipinski definition) is 6. The summed E-state index contributed by atoms with van der Waals surface area (Å²) in [6, 6.07) is 4.94. The summed E-state index contributed by atoms with van der Waals surface area (Å²) in [6.07, 6.45) is 1.27. The van der Waals surface area contributed by atoms with E-state index in [1.165, 1.54) is 0 Å². The Morgan fingerprint density at radius 1 is 1.52 bits per heavy atom. The largest absolute Gasteiger partial charge is 0.536 e. The first-order chi connectivity index (χ1) is 11.9. The van der Waals surface area contributed by atoms with Crippen LogP contribution in [0.15, 0.2) is 18.2 Å². The molecular weight excluding hydrogens is 325 g/mol. The maximum atomic E-state index is 11.9. The summed E-state index contributed by atoms with van der Waals surface area (Å²) in [5, 5.41) is 12.1.